The van der Waals surface area contributed by atoms with Crippen molar-refractivity contribution in [1.82, 2.24) is 9.97 Å². The molecule has 1 saturated heterocycles. The fraction of sp³-hybridized carbons (Fsp3) is 0.538. The summed E-state index contributed by atoms with van der Waals surface area (Å²) < 4.78 is 0.338. The van der Waals surface area contributed by atoms with Gasteiger partial charge in [0, 0.05) is 23.6 Å². The molecule has 20 heavy (non-hydrogen) atoms. The average Bonchev–Trinajstić information content (AvgIpc) is 2.82. The zero-order valence-electron chi connectivity index (χ0n) is 11.7. The third-order valence-electron chi connectivity index (χ3n) is 3.57. The number of thiophene rings is 1. The molecule has 0 unspecified atom stereocenters. The number of nitrogens with zero attached hydrogens (tertiary/aromatic N) is 3. The average molecular weight is 309 g/mol. The molecule has 0 amide bonds. The standard InChI is InChI=1S/C13H19N5S2/c1-13(2)4-5-18(6-8-20-13)10-9-3-7-19-11(9)16-12(15-10)17-14/h3,7H,4-6,8,14H2,1-2H3,(H,15,16,17). The van der Waals surface area contributed by atoms with Gasteiger partial charge in [-0.3, -0.25) is 5.43 Å². The summed E-state index contributed by atoms with van der Waals surface area (Å²) in [4.78, 5) is 12.3. The summed E-state index contributed by atoms with van der Waals surface area (Å²) in [6.07, 6.45) is 1.15. The normalized spacial score (nSPS) is 19.1. The molecule has 0 spiro atoms. The van der Waals surface area contributed by atoms with Crippen LogP contribution in [0.15, 0.2) is 11.4 Å². The molecule has 0 aliphatic carbocycles. The van der Waals surface area contributed by atoms with Crippen molar-refractivity contribution in [2.75, 3.05) is 29.2 Å². The van der Waals surface area contributed by atoms with Gasteiger partial charge in [-0.1, -0.05) is 13.8 Å². The van der Waals surface area contributed by atoms with Gasteiger partial charge in [0.05, 0.1) is 5.39 Å². The molecule has 3 rings (SSSR count). The number of rotatable bonds is 2. The van der Waals surface area contributed by atoms with E-state index in [1.165, 1.54) is 0 Å². The fourth-order valence-corrected chi connectivity index (χ4v) is 4.24. The second-order valence-corrected chi connectivity index (χ2v) is 8.20. The van der Waals surface area contributed by atoms with E-state index in [4.69, 9.17) is 5.84 Å². The van der Waals surface area contributed by atoms with E-state index in [0.29, 0.717) is 10.7 Å². The molecule has 0 atom stereocenters. The molecule has 1 aliphatic rings. The van der Waals surface area contributed by atoms with Crippen LogP contribution in [-0.4, -0.2) is 33.6 Å². The lowest BCUT2D eigenvalue weighted by Crippen LogP contribution is -2.28. The first-order valence-corrected chi connectivity index (χ1v) is 8.56. The van der Waals surface area contributed by atoms with Crippen LogP contribution in [0.2, 0.25) is 0 Å². The second kappa shape index (κ2) is 5.38. The molecule has 7 heteroatoms. The molecule has 3 heterocycles. The highest BCUT2D eigenvalue weighted by Gasteiger charge is 2.25. The third kappa shape index (κ3) is 2.70. The van der Waals surface area contributed by atoms with E-state index in [1.807, 2.05) is 11.8 Å². The molecule has 3 N–H and O–H groups in total. The number of nitrogens with two attached hydrogens (primary N) is 1. The quantitative estimate of drug-likeness (QED) is 0.657. The predicted molar refractivity (Wildman–Crippen MR) is 88.6 cm³/mol. The van der Waals surface area contributed by atoms with Gasteiger partial charge in [0.25, 0.3) is 0 Å². The monoisotopic (exact) mass is 309 g/mol. The molecular weight excluding hydrogens is 290 g/mol. The second-order valence-electron chi connectivity index (χ2n) is 5.50. The van der Waals surface area contributed by atoms with Crippen molar-refractivity contribution in [3.63, 3.8) is 0 Å². The number of fused-ring (bicyclic) bond motifs is 1. The molecular formula is C13H19N5S2. The van der Waals surface area contributed by atoms with Crippen LogP contribution in [-0.2, 0) is 0 Å². The highest BCUT2D eigenvalue weighted by Crippen LogP contribution is 2.34. The first kappa shape index (κ1) is 13.9. The number of nitrogens with one attached hydrogen (secondary N) is 1. The Morgan fingerprint density at radius 2 is 2.20 bits per heavy atom. The molecule has 0 bridgehead atoms. The Kier molecular flexibility index (Phi) is 3.74. The smallest absolute Gasteiger partial charge is 0.240 e. The Balaban J connectivity index is 1.98. The Morgan fingerprint density at radius 3 is 3.00 bits per heavy atom. The number of anilines is 2. The highest BCUT2D eigenvalue weighted by atomic mass is 32.2. The summed E-state index contributed by atoms with van der Waals surface area (Å²) >= 11 is 3.66. The van der Waals surface area contributed by atoms with Gasteiger partial charge in [-0.05, 0) is 17.9 Å². The van der Waals surface area contributed by atoms with Crippen molar-refractivity contribution in [3.8, 4) is 0 Å². The summed E-state index contributed by atoms with van der Waals surface area (Å²) in [6.45, 7) is 6.66. The minimum Gasteiger partial charge on any atom is -0.355 e. The Bertz CT molecular complexity index is 610. The zero-order valence-corrected chi connectivity index (χ0v) is 13.4. The molecule has 2 aromatic heterocycles. The molecule has 1 aliphatic heterocycles. The molecule has 0 saturated carbocycles. The van der Waals surface area contributed by atoms with Crippen LogP contribution >= 0.6 is 23.1 Å². The molecule has 0 aromatic carbocycles. The summed E-state index contributed by atoms with van der Waals surface area (Å²) in [6, 6.07) is 2.10. The number of hydrogen-bond acceptors (Lipinski definition) is 7. The van der Waals surface area contributed by atoms with Gasteiger partial charge in [-0.15, -0.1) is 11.3 Å². The maximum absolute atomic E-state index is 5.49. The highest BCUT2D eigenvalue weighted by molar-refractivity contribution is 8.00. The number of thioether (sulfide) groups is 1. The van der Waals surface area contributed by atoms with Gasteiger partial charge >= 0.3 is 0 Å². The van der Waals surface area contributed by atoms with Gasteiger partial charge in [0.2, 0.25) is 5.95 Å². The van der Waals surface area contributed by atoms with Crippen LogP contribution in [0.5, 0.6) is 0 Å². The van der Waals surface area contributed by atoms with E-state index < -0.39 is 0 Å². The van der Waals surface area contributed by atoms with E-state index in [0.717, 1.165) is 41.3 Å². The van der Waals surface area contributed by atoms with Gasteiger partial charge in [0.1, 0.15) is 10.6 Å². The van der Waals surface area contributed by atoms with Gasteiger partial charge in [0.15, 0.2) is 0 Å². The third-order valence-corrected chi connectivity index (χ3v) is 5.75. The summed E-state index contributed by atoms with van der Waals surface area (Å²) in [7, 11) is 0. The number of aromatic nitrogens is 2. The topological polar surface area (TPSA) is 67.1 Å². The van der Waals surface area contributed by atoms with Crippen molar-refractivity contribution in [1.29, 1.82) is 0 Å². The van der Waals surface area contributed by atoms with E-state index >= 15 is 0 Å². The Hall–Kier alpha value is -1.05. The van der Waals surface area contributed by atoms with Crippen LogP contribution in [0.4, 0.5) is 11.8 Å². The molecule has 5 nitrogen and oxygen atoms in total. The fourth-order valence-electron chi connectivity index (χ4n) is 2.38. The lowest BCUT2D eigenvalue weighted by Gasteiger charge is -2.24. The van der Waals surface area contributed by atoms with Crippen molar-refractivity contribution >= 4 is 45.1 Å². The summed E-state index contributed by atoms with van der Waals surface area (Å²) in [5.41, 5.74) is 2.57. The largest absolute Gasteiger partial charge is 0.355 e. The van der Waals surface area contributed by atoms with Crippen molar-refractivity contribution in [2.24, 2.45) is 5.84 Å². The number of nitrogen functional groups attached to an aromatic ring is 1. The van der Waals surface area contributed by atoms with Crippen molar-refractivity contribution in [3.05, 3.63) is 11.4 Å². The molecule has 2 aromatic rings. The van der Waals surface area contributed by atoms with Crippen LogP contribution in [0.25, 0.3) is 10.2 Å². The predicted octanol–water partition coefficient (Wildman–Crippen LogP) is 2.70. The SMILES string of the molecule is CC1(C)CCN(c2nc(NN)nc3sccc23)CCS1. The minimum absolute atomic E-state index is 0.338. The van der Waals surface area contributed by atoms with Crippen molar-refractivity contribution in [2.45, 2.75) is 25.0 Å². The maximum Gasteiger partial charge on any atom is 0.240 e. The first-order valence-electron chi connectivity index (χ1n) is 6.70. The van der Waals surface area contributed by atoms with Gasteiger partial charge < -0.3 is 4.90 Å². The number of hydrazine groups is 1. The molecule has 1 fully saturated rings. The van der Waals surface area contributed by atoms with Crippen molar-refractivity contribution < 1.29 is 0 Å². The van der Waals surface area contributed by atoms with E-state index in [1.54, 1.807) is 11.3 Å². The van der Waals surface area contributed by atoms with Gasteiger partial charge in [-0.25, -0.2) is 10.8 Å². The maximum atomic E-state index is 5.49. The van der Waals surface area contributed by atoms with Crippen LogP contribution < -0.4 is 16.2 Å². The first-order chi connectivity index (χ1) is 9.59. The summed E-state index contributed by atoms with van der Waals surface area (Å²) in [5, 5.41) is 3.18. The molecule has 108 valence electrons. The van der Waals surface area contributed by atoms with E-state index in [-0.39, 0.29) is 0 Å². The van der Waals surface area contributed by atoms with Crippen LogP contribution in [0.3, 0.4) is 0 Å². The van der Waals surface area contributed by atoms with Gasteiger partial charge in [-0.2, -0.15) is 16.7 Å². The van der Waals surface area contributed by atoms with Crippen LogP contribution in [0.1, 0.15) is 20.3 Å². The lowest BCUT2D eigenvalue weighted by atomic mass is 10.1. The molecule has 0 radical (unpaired) electrons. The van der Waals surface area contributed by atoms with E-state index in [9.17, 15) is 0 Å². The summed E-state index contributed by atoms with van der Waals surface area (Å²) in [5.74, 6) is 8.10. The lowest BCUT2D eigenvalue weighted by molar-refractivity contribution is 0.636. The minimum atomic E-state index is 0.338. The Morgan fingerprint density at radius 1 is 1.35 bits per heavy atom. The Labute approximate surface area is 126 Å². The number of hydrogen-bond donors (Lipinski definition) is 2. The van der Waals surface area contributed by atoms with Crippen LogP contribution in [0, 0.1) is 0 Å². The zero-order chi connectivity index (χ0) is 14.2. The van der Waals surface area contributed by atoms with E-state index in [2.05, 4.69) is 45.6 Å².